The van der Waals surface area contributed by atoms with Crippen LogP contribution in [0.4, 0.5) is 11.5 Å². The van der Waals surface area contributed by atoms with Crippen LogP contribution in [0.2, 0.25) is 0 Å². The Balaban J connectivity index is 1.34. The molecule has 2 amide bonds. The molecule has 31 heavy (non-hydrogen) atoms. The molecule has 0 unspecified atom stereocenters. The number of H-pyrrole nitrogens is 1. The number of carbonyl (C=O) groups excluding carboxylic acids is 2. The molecule has 0 radical (unpaired) electrons. The van der Waals surface area contributed by atoms with Crippen molar-refractivity contribution in [2.75, 3.05) is 30.4 Å². The van der Waals surface area contributed by atoms with Crippen LogP contribution in [0.15, 0.2) is 54.6 Å². The Morgan fingerprint density at radius 2 is 1.87 bits per heavy atom. The summed E-state index contributed by atoms with van der Waals surface area (Å²) in [6.07, 6.45) is 0.848. The van der Waals surface area contributed by atoms with Gasteiger partial charge in [-0.25, -0.2) is 0 Å². The molecule has 8 heteroatoms. The molecule has 1 fully saturated rings. The molecule has 1 aliphatic heterocycles. The monoisotopic (exact) mass is 419 g/mol. The molecule has 8 nitrogen and oxygen atoms in total. The fourth-order valence-electron chi connectivity index (χ4n) is 3.65. The minimum absolute atomic E-state index is 0.0451. The first-order chi connectivity index (χ1) is 15.0. The van der Waals surface area contributed by atoms with Gasteiger partial charge in [0, 0.05) is 43.4 Å². The number of nitrogens with one attached hydrogen (secondary N) is 3. The molecule has 0 spiro atoms. The Morgan fingerprint density at radius 3 is 2.55 bits per heavy atom. The topological polar surface area (TPSA) is 99.3 Å². The number of aromatic amines is 1. The number of hydrogen-bond acceptors (Lipinski definition) is 5. The number of rotatable bonds is 6. The maximum Gasteiger partial charge on any atom is 0.251 e. The van der Waals surface area contributed by atoms with Gasteiger partial charge in [-0.1, -0.05) is 0 Å². The van der Waals surface area contributed by atoms with Crippen LogP contribution in [0, 0.1) is 0 Å². The van der Waals surface area contributed by atoms with E-state index in [2.05, 4.69) is 25.7 Å². The maximum absolute atomic E-state index is 12.6. The third-order valence-corrected chi connectivity index (χ3v) is 5.28. The van der Waals surface area contributed by atoms with Gasteiger partial charge in [0.1, 0.15) is 5.75 Å². The number of nitrogens with zero attached hydrogens (tertiary/aromatic N) is 2. The van der Waals surface area contributed by atoms with Crippen LogP contribution in [-0.2, 0) is 4.79 Å². The summed E-state index contributed by atoms with van der Waals surface area (Å²) in [5.74, 6) is 1.41. The Labute approximate surface area is 180 Å². The van der Waals surface area contributed by atoms with Crippen LogP contribution in [0.1, 0.15) is 23.7 Å². The van der Waals surface area contributed by atoms with Gasteiger partial charge in [-0.3, -0.25) is 14.7 Å². The van der Waals surface area contributed by atoms with Crippen molar-refractivity contribution in [3.63, 3.8) is 0 Å². The molecular formula is C23H25N5O3. The van der Waals surface area contributed by atoms with Gasteiger partial charge in [0.05, 0.1) is 12.8 Å². The van der Waals surface area contributed by atoms with E-state index in [1.807, 2.05) is 30.3 Å². The molecule has 0 aliphatic carbocycles. The number of aromatic nitrogens is 2. The molecule has 1 saturated heterocycles. The third-order valence-electron chi connectivity index (χ3n) is 5.28. The summed E-state index contributed by atoms with van der Waals surface area (Å²) in [5.41, 5.74) is 3.20. The number of amides is 2. The van der Waals surface area contributed by atoms with E-state index in [9.17, 15) is 9.59 Å². The van der Waals surface area contributed by atoms with Crippen molar-refractivity contribution < 1.29 is 14.3 Å². The van der Waals surface area contributed by atoms with Gasteiger partial charge in [0.15, 0.2) is 5.82 Å². The highest BCUT2D eigenvalue weighted by molar-refractivity contribution is 5.95. The second kappa shape index (κ2) is 8.91. The predicted molar refractivity (Wildman–Crippen MR) is 119 cm³/mol. The van der Waals surface area contributed by atoms with Crippen LogP contribution < -0.4 is 20.3 Å². The summed E-state index contributed by atoms with van der Waals surface area (Å²) in [5, 5.41) is 13.3. The Morgan fingerprint density at radius 1 is 1.13 bits per heavy atom. The molecule has 3 N–H and O–H groups in total. The summed E-state index contributed by atoms with van der Waals surface area (Å²) in [6.45, 7) is 2.97. The zero-order valence-corrected chi connectivity index (χ0v) is 17.5. The smallest absolute Gasteiger partial charge is 0.251 e. The zero-order chi connectivity index (χ0) is 21.8. The lowest BCUT2D eigenvalue weighted by Crippen LogP contribution is -2.37. The number of carbonyl (C=O) groups is 2. The number of anilines is 2. The second-order valence-corrected chi connectivity index (χ2v) is 7.53. The molecule has 3 aromatic rings. The van der Waals surface area contributed by atoms with Crippen molar-refractivity contribution >= 4 is 23.3 Å². The summed E-state index contributed by atoms with van der Waals surface area (Å²) >= 11 is 0. The lowest BCUT2D eigenvalue weighted by Gasteiger charge is -2.16. The normalized spacial score (nSPS) is 15.5. The maximum atomic E-state index is 12.6. The molecule has 0 bridgehead atoms. The fourth-order valence-corrected chi connectivity index (χ4v) is 3.65. The number of benzene rings is 2. The first kappa shape index (κ1) is 20.5. The Bertz CT molecular complexity index is 1060. The Kier molecular flexibility index (Phi) is 5.88. The third kappa shape index (κ3) is 4.85. The molecule has 2 aromatic carbocycles. The van der Waals surface area contributed by atoms with Crippen molar-refractivity contribution in [2.24, 2.45) is 0 Å². The van der Waals surface area contributed by atoms with Crippen molar-refractivity contribution in [1.82, 2.24) is 15.5 Å². The Hall–Kier alpha value is -3.81. The minimum Gasteiger partial charge on any atom is -0.497 e. The average Bonchev–Trinajstić information content (AvgIpc) is 3.43. The molecule has 2 heterocycles. The van der Waals surface area contributed by atoms with Crippen LogP contribution >= 0.6 is 0 Å². The zero-order valence-electron chi connectivity index (χ0n) is 17.5. The number of ether oxygens (including phenoxy) is 1. The molecule has 4 rings (SSSR count). The van der Waals surface area contributed by atoms with Crippen LogP contribution in [0.3, 0.4) is 0 Å². The lowest BCUT2D eigenvalue weighted by molar-refractivity contribution is -0.114. The average molecular weight is 419 g/mol. The molecule has 0 saturated carbocycles. The summed E-state index contributed by atoms with van der Waals surface area (Å²) < 4.78 is 5.20. The van der Waals surface area contributed by atoms with Crippen molar-refractivity contribution in [3.05, 3.63) is 60.2 Å². The van der Waals surface area contributed by atoms with E-state index in [1.54, 1.807) is 31.4 Å². The van der Waals surface area contributed by atoms with Gasteiger partial charge in [0.25, 0.3) is 5.91 Å². The predicted octanol–water partition coefficient (Wildman–Crippen LogP) is 3.05. The van der Waals surface area contributed by atoms with Gasteiger partial charge in [-0.2, -0.15) is 5.10 Å². The van der Waals surface area contributed by atoms with E-state index in [4.69, 9.17) is 4.74 Å². The van der Waals surface area contributed by atoms with E-state index >= 15 is 0 Å². The molecule has 1 aromatic heterocycles. The molecule has 1 atom stereocenters. The van der Waals surface area contributed by atoms with Gasteiger partial charge >= 0.3 is 0 Å². The van der Waals surface area contributed by atoms with Gasteiger partial charge < -0.3 is 20.3 Å². The summed E-state index contributed by atoms with van der Waals surface area (Å²) in [7, 11) is 1.65. The highest BCUT2D eigenvalue weighted by atomic mass is 16.5. The second-order valence-electron chi connectivity index (χ2n) is 7.53. The van der Waals surface area contributed by atoms with E-state index in [0.717, 1.165) is 35.8 Å². The summed E-state index contributed by atoms with van der Waals surface area (Å²) in [4.78, 5) is 25.8. The number of methoxy groups -OCH3 is 1. The standard InChI is InChI=1S/C23H25N5O3/c1-15(29)24-18-7-3-17(4-8-18)23(30)25-19-11-12-28(14-19)22-13-21(26-27-22)16-5-9-20(31-2)10-6-16/h3-10,13,19H,11-12,14H2,1-2H3,(H,24,29)(H,25,30)(H,26,27)/t19-/m0/s1. The molecular weight excluding hydrogens is 394 g/mol. The van der Waals surface area contributed by atoms with Crippen molar-refractivity contribution in [1.29, 1.82) is 0 Å². The van der Waals surface area contributed by atoms with Crippen LogP contribution in [-0.4, -0.2) is 48.3 Å². The van der Waals surface area contributed by atoms with E-state index in [1.165, 1.54) is 6.92 Å². The van der Waals surface area contributed by atoms with Crippen molar-refractivity contribution in [3.8, 4) is 17.0 Å². The van der Waals surface area contributed by atoms with E-state index in [0.29, 0.717) is 17.8 Å². The quantitative estimate of drug-likeness (QED) is 0.570. The highest BCUT2D eigenvalue weighted by Gasteiger charge is 2.26. The largest absolute Gasteiger partial charge is 0.497 e. The van der Waals surface area contributed by atoms with Gasteiger partial charge in [-0.15, -0.1) is 0 Å². The lowest BCUT2D eigenvalue weighted by atomic mass is 10.1. The van der Waals surface area contributed by atoms with E-state index < -0.39 is 0 Å². The first-order valence-electron chi connectivity index (χ1n) is 10.1. The minimum atomic E-state index is -0.142. The summed E-state index contributed by atoms with van der Waals surface area (Å²) in [6, 6.07) is 16.7. The molecule has 160 valence electrons. The van der Waals surface area contributed by atoms with Gasteiger partial charge in [-0.05, 0) is 60.5 Å². The highest BCUT2D eigenvalue weighted by Crippen LogP contribution is 2.26. The SMILES string of the molecule is COc1ccc(-c2cc(N3CC[C@H](NC(=O)c4ccc(NC(C)=O)cc4)C3)n[nH]2)cc1. The van der Waals surface area contributed by atoms with Crippen molar-refractivity contribution in [2.45, 2.75) is 19.4 Å². The number of hydrogen-bond donors (Lipinski definition) is 3. The van der Waals surface area contributed by atoms with Crippen LogP contribution in [0.25, 0.3) is 11.3 Å². The first-order valence-corrected chi connectivity index (χ1v) is 10.1. The fraction of sp³-hybridized carbons (Fsp3) is 0.261. The molecule has 1 aliphatic rings. The van der Waals surface area contributed by atoms with Gasteiger partial charge in [0.2, 0.25) is 5.91 Å². The van der Waals surface area contributed by atoms with E-state index in [-0.39, 0.29) is 17.9 Å². The van der Waals surface area contributed by atoms with Crippen LogP contribution in [0.5, 0.6) is 5.75 Å².